The Bertz CT molecular complexity index is 1530. The van der Waals surface area contributed by atoms with Gasteiger partial charge in [-0.2, -0.15) is 0 Å². The molecule has 0 N–H and O–H groups in total. The zero-order chi connectivity index (χ0) is 24.7. The lowest BCUT2D eigenvalue weighted by molar-refractivity contribution is 0.00578. The number of hydrogen-bond acceptors (Lipinski definition) is 5. The number of ether oxygens (including phenoxy) is 1. The van der Waals surface area contributed by atoms with E-state index >= 15 is 0 Å². The zero-order valence-electron chi connectivity index (χ0n) is 21.0. The summed E-state index contributed by atoms with van der Waals surface area (Å²) in [5.74, 6) is 2.51. The predicted molar refractivity (Wildman–Crippen MR) is 144 cm³/mol. The minimum atomic E-state index is -0.457. The van der Waals surface area contributed by atoms with E-state index < -0.39 is 18.3 Å². The Hall–Kier alpha value is -3.48. The average Bonchev–Trinajstić information content (AvgIpc) is 3.35. The molecule has 2 aliphatic heterocycles. The smallest absolute Gasteiger partial charge is 0.454 e. The Kier molecular flexibility index (Phi) is 4.55. The highest BCUT2D eigenvalue weighted by molar-refractivity contribution is 6.62. The van der Waals surface area contributed by atoms with Gasteiger partial charge in [0.25, 0.3) is 0 Å². The molecule has 7 rings (SSSR count). The summed E-state index contributed by atoms with van der Waals surface area (Å²) < 4.78 is 25.5. The molecule has 0 bridgehead atoms. The van der Waals surface area contributed by atoms with Crippen molar-refractivity contribution in [1.29, 1.82) is 0 Å². The predicted octanol–water partition coefficient (Wildman–Crippen LogP) is 7.27. The van der Waals surface area contributed by atoms with E-state index in [1.165, 1.54) is 10.9 Å². The van der Waals surface area contributed by atoms with E-state index in [1.807, 2.05) is 24.3 Å². The van der Waals surface area contributed by atoms with Crippen LogP contribution < -0.4 is 15.1 Å². The first kappa shape index (κ1) is 21.8. The molecule has 1 fully saturated rings. The van der Waals surface area contributed by atoms with Crippen LogP contribution in [0.5, 0.6) is 11.5 Å². The van der Waals surface area contributed by atoms with Gasteiger partial charge in [0.15, 0.2) is 17.1 Å². The van der Waals surface area contributed by atoms with Crippen molar-refractivity contribution in [3.05, 3.63) is 78.1 Å². The highest BCUT2D eigenvalue weighted by Crippen LogP contribution is 2.52. The number of allylic oxidation sites excluding steroid dienone is 1. The summed E-state index contributed by atoms with van der Waals surface area (Å²) in [5.41, 5.74) is 5.22. The number of aryl methyl sites for hydroxylation is 1. The molecule has 5 nitrogen and oxygen atoms in total. The second-order valence-corrected chi connectivity index (χ2v) is 10.8. The maximum atomic E-state index is 6.45. The van der Waals surface area contributed by atoms with E-state index in [1.54, 1.807) is 0 Å². The fourth-order valence-electron chi connectivity index (χ4n) is 5.32. The third-order valence-corrected chi connectivity index (χ3v) is 7.98. The van der Waals surface area contributed by atoms with Crippen molar-refractivity contribution < 1.29 is 18.5 Å². The van der Waals surface area contributed by atoms with Gasteiger partial charge >= 0.3 is 7.12 Å². The Morgan fingerprint density at radius 1 is 0.806 bits per heavy atom. The summed E-state index contributed by atoms with van der Waals surface area (Å²) in [5, 5.41) is 1.17. The largest absolute Gasteiger partial charge is 0.494 e. The lowest BCUT2D eigenvalue weighted by Crippen LogP contribution is -2.41. The number of anilines is 3. The average molecular weight is 477 g/mol. The highest BCUT2D eigenvalue weighted by atomic mass is 16.7. The van der Waals surface area contributed by atoms with Crippen LogP contribution in [0, 0.1) is 0 Å². The molecule has 1 aliphatic carbocycles. The van der Waals surface area contributed by atoms with Gasteiger partial charge < -0.3 is 18.5 Å². The number of rotatable bonds is 2. The van der Waals surface area contributed by atoms with Gasteiger partial charge in [-0.15, -0.1) is 0 Å². The van der Waals surface area contributed by atoms with E-state index in [0.29, 0.717) is 0 Å². The summed E-state index contributed by atoms with van der Waals surface area (Å²) in [7, 11) is -0.457. The lowest BCUT2D eigenvalue weighted by atomic mass is 9.79. The third-order valence-electron chi connectivity index (χ3n) is 7.98. The van der Waals surface area contributed by atoms with Gasteiger partial charge in [-0.1, -0.05) is 36.4 Å². The van der Waals surface area contributed by atoms with Crippen molar-refractivity contribution in [2.24, 2.45) is 0 Å². The number of furan rings is 1. The number of fused-ring (bicyclic) bond motifs is 5. The van der Waals surface area contributed by atoms with E-state index in [2.05, 4.69) is 81.1 Å². The Morgan fingerprint density at radius 2 is 1.56 bits per heavy atom. The van der Waals surface area contributed by atoms with Crippen molar-refractivity contribution in [3.63, 3.8) is 0 Å². The first-order valence-electron chi connectivity index (χ1n) is 12.6. The molecule has 0 saturated carbocycles. The topological polar surface area (TPSA) is 44.1 Å². The molecule has 0 spiro atoms. The Labute approximate surface area is 211 Å². The molecular weight excluding hydrogens is 449 g/mol. The molecular formula is C30H28BNO4. The normalized spacial score (nSPS) is 19.1. The number of nitrogens with zero attached hydrogens (tertiary/aromatic N) is 1. The minimum absolute atomic E-state index is 0.407. The van der Waals surface area contributed by atoms with Gasteiger partial charge in [0.05, 0.1) is 28.3 Å². The van der Waals surface area contributed by atoms with Crippen LogP contribution in [0.1, 0.15) is 45.4 Å². The van der Waals surface area contributed by atoms with Gasteiger partial charge in [-0.3, -0.25) is 4.90 Å². The second-order valence-electron chi connectivity index (χ2n) is 10.8. The van der Waals surface area contributed by atoms with Crippen LogP contribution in [-0.4, -0.2) is 18.3 Å². The zero-order valence-corrected chi connectivity index (χ0v) is 21.0. The molecule has 1 saturated heterocycles. The van der Waals surface area contributed by atoms with Crippen LogP contribution in [0.25, 0.3) is 17.0 Å². The molecule has 0 amide bonds. The van der Waals surface area contributed by atoms with Crippen LogP contribution in [-0.2, 0) is 15.7 Å². The van der Waals surface area contributed by atoms with Crippen LogP contribution in [0.15, 0.2) is 71.2 Å². The molecule has 0 atom stereocenters. The monoisotopic (exact) mass is 477 g/mol. The van der Waals surface area contributed by atoms with Crippen molar-refractivity contribution in [2.75, 3.05) is 4.90 Å². The Balaban J connectivity index is 1.38. The van der Waals surface area contributed by atoms with Gasteiger partial charge in [0.2, 0.25) is 0 Å². The van der Waals surface area contributed by atoms with Crippen molar-refractivity contribution in [3.8, 4) is 11.5 Å². The lowest BCUT2D eigenvalue weighted by Gasteiger charge is -2.33. The fourth-order valence-corrected chi connectivity index (χ4v) is 5.32. The minimum Gasteiger partial charge on any atom is -0.454 e. The molecule has 4 aromatic rings. The molecule has 0 unspecified atom stereocenters. The van der Waals surface area contributed by atoms with E-state index in [9.17, 15) is 0 Å². The first-order valence-corrected chi connectivity index (χ1v) is 12.6. The SMILES string of the molecule is CC1(C)OB(c2ccc3c(c2)Oc2ccccc2N3c2cccc3c4c(oc23)C=CCC4)OC1(C)C. The molecule has 3 heterocycles. The fraction of sp³-hybridized carbons (Fsp3) is 0.267. The van der Waals surface area contributed by atoms with Gasteiger partial charge in [-0.25, -0.2) is 0 Å². The highest BCUT2D eigenvalue weighted by Gasteiger charge is 2.52. The first-order chi connectivity index (χ1) is 17.3. The summed E-state index contributed by atoms with van der Waals surface area (Å²) >= 11 is 0. The van der Waals surface area contributed by atoms with Crippen LogP contribution >= 0.6 is 0 Å². The van der Waals surface area contributed by atoms with E-state index in [-0.39, 0.29) is 0 Å². The molecule has 3 aliphatic rings. The number of benzene rings is 3. The quantitative estimate of drug-likeness (QED) is 0.250. The summed E-state index contributed by atoms with van der Waals surface area (Å²) in [6.07, 6.45) is 6.31. The van der Waals surface area contributed by atoms with Gasteiger partial charge in [0.1, 0.15) is 5.76 Å². The maximum absolute atomic E-state index is 6.45. The summed E-state index contributed by atoms with van der Waals surface area (Å²) in [4.78, 5) is 2.24. The Morgan fingerprint density at radius 3 is 2.39 bits per heavy atom. The molecule has 1 aromatic heterocycles. The van der Waals surface area contributed by atoms with Crippen LogP contribution in [0.4, 0.5) is 17.1 Å². The van der Waals surface area contributed by atoms with Gasteiger partial charge in [0, 0.05) is 10.9 Å². The summed E-state index contributed by atoms with van der Waals surface area (Å²) in [6.45, 7) is 8.27. The standard InChI is InChI=1S/C30H28BNO4/c1-29(2)30(3,4)36-31(35-29)19-16-17-23-27(18-19)33-26-15-8-6-12-22(26)32(23)24-13-9-11-21-20-10-5-7-14-25(20)34-28(21)24/h6-9,11-18H,5,10H2,1-4H3. The van der Waals surface area contributed by atoms with Gasteiger partial charge in [-0.05, 0) is 82.4 Å². The number of hydrogen-bond donors (Lipinski definition) is 0. The van der Waals surface area contributed by atoms with Crippen molar-refractivity contribution in [1.82, 2.24) is 0 Å². The second kappa shape index (κ2) is 7.51. The van der Waals surface area contributed by atoms with E-state index in [0.717, 1.165) is 58.2 Å². The van der Waals surface area contributed by atoms with E-state index in [4.69, 9.17) is 18.5 Å². The molecule has 3 aromatic carbocycles. The summed E-state index contributed by atoms with van der Waals surface area (Å²) in [6, 6.07) is 20.7. The molecule has 36 heavy (non-hydrogen) atoms. The van der Waals surface area contributed by atoms with Crippen LogP contribution in [0.2, 0.25) is 0 Å². The molecule has 180 valence electrons. The number of para-hydroxylation sites is 3. The van der Waals surface area contributed by atoms with Crippen LogP contribution in [0.3, 0.4) is 0 Å². The van der Waals surface area contributed by atoms with Crippen molar-refractivity contribution in [2.45, 2.75) is 51.7 Å². The molecule has 0 radical (unpaired) electrons. The van der Waals surface area contributed by atoms with Crippen molar-refractivity contribution >= 4 is 46.7 Å². The maximum Gasteiger partial charge on any atom is 0.494 e. The molecule has 6 heteroatoms. The third kappa shape index (κ3) is 3.11.